The third-order valence-electron chi connectivity index (χ3n) is 2.01. The first kappa shape index (κ1) is 10.9. The van der Waals surface area contributed by atoms with Crippen LogP contribution in [0, 0.1) is 0 Å². The lowest BCUT2D eigenvalue weighted by Gasteiger charge is -2.07. The number of benzene rings is 1. The SMILES string of the molecule is O=C(O)c1nccnc1Nc1cccc(O)c1. The number of rotatable bonds is 3. The van der Waals surface area contributed by atoms with Crippen LogP contribution in [0.5, 0.6) is 5.75 Å². The summed E-state index contributed by atoms with van der Waals surface area (Å²) in [5.74, 6) is -0.956. The minimum Gasteiger partial charge on any atom is -0.508 e. The Balaban J connectivity index is 2.33. The lowest BCUT2D eigenvalue weighted by atomic mass is 10.3. The Labute approximate surface area is 96.6 Å². The summed E-state index contributed by atoms with van der Waals surface area (Å²) in [7, 11) is 0. The van der Waals surface area contributed by atoms with Crippen molar-refractivity contribution >= 4 is 17.5 Å². The number of nitrogens with zero attached hydrogens (tertiary/aromatic N) is 2. The largest absolute Gasteiger partial charge is 0.508 e. The van der Waals surface area contributed by atoms with Crippen LogP contribution in [-0.4, -0.2) is 26.2 Å². The summed E-state index contributed by atoms with van der Waals surface area (Å²) < 4.78 is 0. The average Bonchev–Trinajstić information content (AvgIpc) is 2.29. The molecule has 0 fully saturated rings. The van der Waals surface area contributed by atoms with Gasteiger partial charge in [-0.1, -0.05) is 6.07 Å². The fourth-order valence-electron chi connectivity index (χ4n) is 1.31. The molecule has 2 aromatic rings. The number of aromatic carboxylic acids is 1. The molecule has 1 heterocycles. The van der Waals surface area contributed by atoms with E-state index >= 15 is 0 Å². The predicted octanol–water partition coefficient (Wildman–Crippen LogP) is 1.62. The maximum atomic E-state index is 10.9. The molecule has 3 N–H and O–H groups in total. The number of hydrogen-bond acceptors (Lipinski definition) is 5. The Hall–Kier alpha value is -2.63. The van der Waals surface area contributed by atoms with E-state index in [1.54, 1.807) is 12.1 Å². The molecule has 0 amide bonds. The van der Waals surface area contributed by atoms with Gasteiger partial charge in [0.15, 0.2) is 11.5 Å². The number of phenolic OH excluding ortho intramolecular Hbond substituents is 1. The van der Waals surface area contributed by atoms with Crippen molar-refractivity contribution in [2.24, 2.45) is 0 Å². The molecule has 86 valence electrons. The lowest BCUT2D eigenvalue weighted by Crippen LogP contribution is -2.06. The van der Waals surface area contributed by atoms with Gasteiger partial charge in [-0.2, -0.15) is 0 Å². The highest BCUT2D eigenvalue weighted by Crippen LogP contribution is 2.20. The third-order valence-corrected chi connectivity index (χ3v) is 2.01. The van der Waals surface area contributed by atoms with E-state index in [9.17, 15) is 9.90 Å². The predicted molar refractivity (Wildman–Crippen MR) is 60.4 cm³/mol. The molecular weight excluding hydrogens is 222 g/mol. The molecule has 0 aliphatic carbocycles. The van der Waals surface area contributed by atoms with Gasteiger partial charge >= 0.3 is 5.97 Å². The molecule has 17 heavy (non-hydrogen) atoms. The van der Waals surface area contributed by atoms with Crippen LogP contribution in [0.2, 0.25) is 0 Å². The van der Waals surface area contributed by atoms with Crippen molar-refractivity contribution in [3.05, 3.63) is 42.4 Å². The molecule has 1 aromatic heterocycles. The summed E-state index contributed by atoms with van der Waals surface area (Å²) in [5, 5.41) is 21.0. The highest BCUT2D eigenvalue weighted by Gasteiger charge is 2.12. The van der Waals surface area contributed by atoms with Gasteiger partial charge in [-0.25, -0.2) is 14.8 Å². The molecule has 0 bridgehead atoms. The molecule has 0 spiro atoms. The Kier molecular flexibility index (Phi) is 2.87. The molecule has 0 aliphatic heterocycles. The van der Waals surface area contributed by atoms with Gasteiger partial charge in [-0.3, -0.25) is 0 Å². The van der Waals surface area contributed by atoms with E-state index < -0.39 is 5.97 Å². The fourth-order valence-corrected chi connectivity index (χ4v) is 1.31. The Morgan fingerprint density at radius 3 is 2.71 bits per heavy atom. The average molecular weight is 231 g/mol. The van der Waals surface area contributed by atoms with Gasteiger partial charge in [0.05, 0.1) is 0 Å². The van der Waals surface area contributed by atoms with Gasteiger partial charge in [-0.05, 0) is 12.1 Å². The summed E-state index contributed by atoms with van der Waals surface area (Å²) >= 11 is 0. The molecule has 6 heteroatoms. The van der Waals surface area contributed by atoms with Crippen LogP contribution in [0.3, 0.4) is 0 Å². The summed E-state index contributed by atoms with van der Waals surface area (Å²) in [4.78, 5) is 18.5. The van der Waals surface area contributed by atoms with Crippen LogP contribution >= 0.6 is 0 Å². The number of carboxylic acid groups (broad SMARTS) is 1. The van der Waals surface area contributed by atoms with E-state index in [0.29, 0.717) is 5.69 Å². The third kappa shape index (κ3) is 2.49. The molecule has 1 aromatic carbocycles. The molecule has 2 rings (SSSR count). The van der Waals surface area contributed by atoms with Crippen molar-refractivity contribution in [2.45, 2.75) is 0 Å². The van der Waals surface area contributed by atoms with E-state index in [-0.39, 0.29) is 17.3 Å². The minimum absolute atomic E-state index is 0.0794. The number of nitrogens with one attached hydrogen (secondary N) is 1. The van der Waals surface area contributed by atoms with Crippen LogP contribution < -0.4 is 5.32 Å². The first-order valence-electron chi connectivity index (χ1n) is 4.77. The van der Waals surface area contributed by atoms with Crippen molar-refractivity contribution in [1.29, 1.82) is 0 Å². The smallest absolute Gasteiger partial charge is 0.358 e. The Morgan fingerprint density at radius 1 is 1.24 bits per heavy atom. The first-order chi connectivity index (χ1) is 8.16. The topological polar surface area (TPSA) is 95.3 Å². The molecule has 0 aliphatic rings. The quantitative estimate of drug-likeness (QED) is 0.743. The van der Waals surface area contributed by atoms with Gasteiger partial charge in [0.2, 0.25) is 0 Å². The highest BCUT2D eigenvalue weighted by molar-refractivity contribution is 5.91. The van der Waals surface area contributed by atoms with E-state index in [2.05, 4.69) is 15.3 Å². The second-order valence-corrected chi connectivity index (χ2v) is 3.23. The maximum absolute atomic E-state index is 10.9. The molecule has 6 nitrogen and oxygen atoms in total. The summed E-state index contributed by atoms with van der Waals surface area (Å²) in [6.45, 7) is 0. The van der Waals surface area contributed by atoms with Crippen LogP contribution in [0.25, 0.3) is 0 Å². The van der Waals surface area contributed by atoms with Crippen molar-refractivity contribution in [1.82, 2.24) is 9.97 Å². The maximum Gasteiger partial charge on any atom is 0.358 e. The number of aromatic hydroxyl groups is 1. The van der Waals surface area contributed by atoms with Gasteiger partial charge in [-0.15, -0.1) is 0 Å². The van der Waals surface area contributed by atoms with Crippen molar-refractivity contribution in [3.63, 3.8) is 0 Å². The van der Waals surface area contributed by atoms with Crippen LogP contribution in [0.4, 0.5) is 11.5 Å². The number of carboxylic acids is 1. The number of hydrogen-bond donors (Lipinski definition) is 3. The first-order valence-corrected chi connectivity index (χ1v) is 4.77. The number of phenols is 1. The fraction of sp³-hybridized carbons (Fsp3) is 0. The molecule has 0 saturated heterocycles. The van der Waals surface area contributed by atoms with E-state index in [1.807, 2.05) is 0 Å². The Bertz CT molecular complexity index is 557. The number of aromatic nitrogens is 2. The summed E-state index contributed by atoms with van der Waals surface area (Å²) in [5.41, 5.74) is 0.365. The van der Waals surface area contributed by atoms with Crippen LogP contribution in [0.1, 0.15) is 10.5 Å². The number of anilines is 2. The zero-order valence-electron chi connectivity index (χ0n) is 8.66. The zero-order valence-corrected chi connectivity index (χ0v) is 8.66. The normalized spacial score (nSPS) is 9.88. The molecular formula is C11H9N3O3. The second-order valence-electron chi connectivity index (χ2n) is 3.23. The monoisotopic (exact) mass is 231 g/mol. The van der Waals surface area contributed by atoms with Crippen molar-refractivity contribution in [2.75, 3.05) is 5.32 Å². The standard InChI is InChI=1S/C11H9N3O3/c15-8-3-1-2-7(6-8)14-10-9(11(16)17)12-4-5-13-10/h1-6,15H,(H,13,14)(H,16,17). The lowest BCUT2D eigenvalue weighted by molar-refractivity contribution is 0.0691. The van der Waals surface area contributed by atoms with Crippen molar-refractivity contribution in [3.8, 4) is 5.75 Å². The minimum atomic E-state index is -1.17. The van der Waals surface area contributed by atoms with Gasteiger partial charge in [0.25, 0.3) is 0 Å². The van der Waals surface area contributed by atoms with Crippen LogP contribution in [0.15, 0.2) is 36.7 Å². The van der Waals surface area contributed by atoms with E-state index in [0.717, 1.165) is 0 Å². The van der Waals surface area contributed by atoms with Gasteiger partial charge < -0.3 is 15.5 Å². The summed E-state index contributed by atoms with van der Waals surface area (Å²) in [6, 6.07) is 6.29. The van der Waals surface area contributed by atoms with Crippen LogP contribution in [-0.2, 0) is 0 Å². The Morgan fingerprint density at radius 2 is 2.00 bits per heavy atom. The number of carbonyl (C=O) groups is 1. The second kappa shape index (κ2) is 4.48. The zero-order chi connectivity index (χ0) is 12.3. The molecule has 0 saturated carbocycles. The van der Waals surface area contributed by atoms with Gasteiger partial charge in [0.1, 0.15) is 5.75 Å². The van der Waals surface area contributed by atoms with Crippen molar-refractivity contribution < 1.29 is 15.0 Å². The highest BCUT2D eigenvalue weighted by atomic mass is 16.4. The molecule has 0 atom stereocenters. The summed E-state index contributed by atoms with van der Waals surface area (Å²) in [6.07, 6.45) is 2.69. The molecule has 0 unspecified atom stereocenters. The van der Waals surface area contributed by atoms with E-state index in [1.165, 1.54) is 24.5 Å². The molecule has 0 radical (unpaired) electrons. The van der Waals surface area contributed by atoms with Gasteiger partial charge in [0, 0.05) is 24.1 Å². The van der Waals surface area contributed by atoms with E-state index in [4.69, 9.17) is 5.11 Å².